The summed E-state index contributed by atoms with van der Waals surface area (Å²) in [4.78, 5) is 3.59. The first kappa shape index (κ1) is 18.1. The number of nitrogens with one attached hydrogen (secondary N) is 1. The highest BCUT2D eigenvalue weighted by Crippen LogP contribution is 2.44. The monoisotopic (exact) mass is 424 g/mol. The third-order valence-corrected chi connectivity index (χ3v) is 6.61. The number of phenols is 1. The normalized spacial score (nSPS) is 11.8. The maximum atomic E-state index is 11.0. The van der Waals surface area contributed by atoms with E-state index < -0.39 is 0 Å². The van der Waals surface area contributed by atoms with Crippen LogP contribution in [0.4, 0.5) is 0 Å². The van der Waals surface area contributed by atoms with Gasteiger partial charge in [-0.05, 0) is 48.0 Å². The molecular formula is C30H20N2O. The molecule has 0 spiro atoms. The average molecular weight is 425 g/mol. The lowest BCUT2D eigenvalue weighted by Gasteiger charge is -2.10. The molecule has 5 aromatic carbocycles. The lowest BCUT2D eigenvalue weighted by molar-refractivity contribution is 0.478. The fourth-order valence-electron chi connectivity index (χ4n) is 5.19. The van der Waals surface area contributed by atoms with E-state index in [9.17, 15) is 5.11 Å². The number of rotatable bonds is 2. The van der Waals surface area contributed by atoms with E-state index in [2.05, 4.69) is 82.3 Å². The van der Waals surface area contributed by atoms with Crippen molar-refractivity contribution in [3.8, 4) is 22.6 Å². The van der Waals surface area contributed by atoms with Gasteiger partial charge in [0.15, 0.2) is 0 Å². The Morgan fingerprint density at radius 1 is 0.576 bits per heavy atom. The highest BCUT2D eigenvalue weighted by Gasteiger charge is 2.20. The number of benzene rings is 5. The fraction of sp³-hybridized carbons (Fsp3) is 0. The number of aromatic nitrogens is 2. The van der Waals surface area contributed by atoms with Gasteiger partial charge in [-0.15, -0.1) is 0 Å². The minimum absolute atomic E-state index is 0.292. The molecule has 3 heteroatoms. The van der Waals surface area contributed by atoms with Gasteiger partial charge in [-0.1, -0.05) is 66.7 Å². The van der Waals surface area contributed by atoms with Gasteiger partial charge in [-0.25, -0.2) is 0 Å². The summed E-state index contributed by atoms with van der Waals surface area (Å²) in [7, 11) is 0. The van der Waals surface area contributed by atoms with Gasteiger partial charge in [-0.2, -0.15) is 0 Å². The standard InChI is InChI=1S/C30H20N2O/c33-28-16-15-26-30(29(28)19-9-3-1-4-10-19)23-17-22-21-13-7-8-14-24(21)31-25(22)18-27(23)32(26)20-11-5-2-6-12-20/h1-18,31,33H. The van der Waals surface area contributed by atoms with Gasteiger partial charge in [-0.3, -0.25) is 0 Å². The molecule has 0 aliphatic carbocycles. The number of para-hydroxylation sites is 2. The van der Waals surface area contributed by atoms with E-state index in [0.29, 0.717) is 5.75 Å². The van der Waals surface area contributed by atoms with E-state index in [4.69, 9.17) is 0 Å². The molecule has 3 nitrogen and oxygen atoms in total. The van der Waals surface area contributed by atoms with Crippen LogP contribution in [0.1, 0.15) is 0 Å². The first-order valence-electron chi connectivity index (χ1n) is 11.1. The highest BCUT2D eigenvalue weighted by atomic mass is 16.3. The summed E-state index contributed by atoms with van der Waals surface area (Å²) in [6, 6.07) is 37.3. The Hall–Kier alpha value is -4.50. The number of H-pyrrole nitrogens is 1. The SMILES string of the molecule is Oc1ccc2c(c1-c1ccccc1)c1cc3c(cc1n2-c1ccccc1)[nH]c1ccccc13. The zero-order valence-electron chi connectivity index (χ0n) is 17.8. The van der Waals surface area contributed by atoms with Crippen molar-refractivity contribution in [1.82, 2.24) is 9.55 Å². The zero-order valence-corrected chi connectivity index (χ0v) is 17.8. The number of hydrogen-bond donors (Lipinski definition) is 2. The second-order valence-corrected chi connectivity index (χ2v) is 8.48. The van der Waals surface area contributed by atoms with Crippen molar-refractivity contribution in [2.45, 2.75) is 0 Å². The van der Waals surface area contributed by atoms with Crippen LogP contribution in [0.15, 0.2) is 109 Å². The smallest absolute Gasteiger partial charge is 0.124 e. The van der Waals surface area contributed by atoms with E-state index in [1.807, 2.05) is 36.4 Å². The van der Waals surface area contributed by atoms with Crippen LogP contribution < -0.4 is 0 Å². The number of aromatic amines is 1. The van der Waals surface area contributed by atoms with Crippen molar-refractivity contribution in [3.05, 3.63) is 109 Å². The molecule has 2 N–H and O–H groups in total. The van der Waals surface area contributed by atoms with Crippen molar-refractivity contribution in [2.24, 2.45) is 0 Å². The maximum absolute atomic E-state index is 11.0. The molecule has 7 rings (SSSR count). The Balaban J connectivity index is 1.73. The Morgan fingerprint density at radius 2 is 1.30 bits per heavy atom. The first-order chi connectivity index (χ1) is 16.3. The number of fused-ring (bicyclic) bond motifs is 6. The van der Waals surface area contributed by atoms with Gasteiger partial charge in [0.05, 0.1) is 11.0 Å². The number of aromatic hydroxyl groups is 1. The minimum Gasteiger partial charge on any atom is -0.507 e. The Bertz CT molecular complexity index is 1810. The second kappa shape index (κ2) is 6.75. The summed E-state index contributed by atoms with van der Waals surface area (Å²) < 4.78 is 2.29. The van der Waals surface area contributed by atoms with E-state index in [1.54, 1.807) is 0 Å². The van der Waals surface area contributed by atoms with E-state index in [-0.39, 0.29) is 0 Å². The van der Waals surface area contributed by atoms with Crippen LogP contribution >= 0.6 is 0 Å². The zero-order chi connectivity index (χ0) is 21.9. The quantitative estimate of drug-likeness (QED) is 0.292. The van der Waals surface area contributed by atoms with Crippen molar-refractivity contribution in [2.75, 3.05) is 0 Å². The van der Waals surface area contributed by atoms with Gasteiger partial charge in [0.1, 0.15) is 5.75 Å². The van der Waals surface area contributed by atoms with Gasteiger partial charge in [0.25, 0.3) is 0 Å². The molecule has 0 aliphatic rings. The predicted octanol–water partition coefficient (Wildman–Crippen LogP) is 7.79. The van der Waals surface area contributed by atoms with Gasteiger partial charge in [0.2, 0.25) is 0 Å². The Labute approximate surface area is 190 Å². The van der Waals surface area contributed by atoms with E-state index in [0.717, 1.165) is 49.7 Å². The third kappa shape index (κ3) is 2.56. The van der Waals surface area contributed by atoms with Crippen LogP contribution in [0.25, 0.3) is 60.4 Å². The van der Waals surface area contributed by atoms with Crippen LogP contribution in [0, 0.1) is 0 Å². The van der Waals surface area contributed by atoms with E-state index in [1.165, 1.54) is 10.8 Å². The van der Waals surface area contributed by atoms with Crippen molar-refractivity contribution >= 4 is 43.6 Å². The molecule has 0 saturated heterocycles. The van der Waals surface area contributed by atoms with Gasteiger partial charge < -0.3 is 14.7 Å². The lowest BCUT2D eigenvalue weighted by atomic mass is 9.97. The summed E-state index contributed by atoms with van der Waals surface area (Å²) >= 11 is 0. The van der Waals surface area contributed by atoms with Crippen molar-refractivity contribution < 1.29 is 5.11 Å². The number of phenolic OH excluding ortho intramolecular Hbond substituents is 1. The molecule has 0 bridgehead atoms. The first-order valence-corrected chi connectivity index (χ1v) is 11.1. The van der Waals surface area contributed by atoms with Crippen molar-refractivity contribution in [3.63, 3.8) is 0 Å². The molecule has 2 aromatic heterocycles. The summed E-state index contributed by atoms with van der Waals surface area (Å²) in [6.45, 7) is 0. The Kier molecular flexibility index (Phi) is 3.70. The van der Waals surface area contributed by atoms with E-state index >= 15 is 0 Å². The summed E-state index contributed by atoms with van der Waals surface area (Å²) in [6.07, 6.45) is 0. The van der Waals surface area contributed by atoms with Crippen LogP contribution in [-0.4, -0.2) is 14.7 Å². The maximum Gasteiger partial charge on any atom is 0.124 e. The molecule has 0 aliphatic heterocycles. The third-order valence-electron chi connectivity index (χ3n) is 6.61. The van der Waals surface area contributed by atoms with Gasteiger partial charge >= 0.3 is 0 Å². The summed E-state index contributed by atoms with van der Waals surface area (Å²) in [5, 5.41) is 15.6. The molecule has 2 heterocycles. The topological polar surface area (TPSA) is 41.0 Å². The number of hydrogen-bond acceptors (Lipinski definition) is 1. The molecular weight excluding hydrogens is 404 g/mol. The van der Waals surface area contributed by atoms with Crippen LogP contribution in [0.2, 0.25) is 0 Å². The lowest BCUT2D eigenvalue weighted by Crippen LogP contribution is -1.93. The van der Waals surface area contributed by atoms with Gasteiger partial charge in [0, 0.05) is 43.8 Å². The van der Waals surface area contributed by atoms with Crippen LogP contribution in [0.5, 0.6) is 5.75 Å². The largest absolute Gasteiger partial charge is 0.507 e. The molecule has 0 amide bonds. The summed E-state index contributed by atoms with van der Waals surface area (Å²) in [5.41, 5.74) is 7.38. The highest BCUT2D eigenvalue weighted by molar-refractivity contribution is 6.22. The second-order valence-electron chi connectivity index (χ2n) is 8.48. The molecule has 0 atom stereocenters. The molecule has 0 fully saturated rings. The van der Waals surface area contributed by atoms with Crippen LogP contribution in [0.3, 0.4) is 0 Å². The molecule has 0 radical (unpaired) electrons. The minimum atomic E-state index is 0.292. The van der Waals surface area contributed by atoms with Crippen LogP contribution in [-0.2, 0) is 0 Å². The molecule has 0 unspecified atom stereocenters. The fourth-order valence-corrected chi connectivity index (χ4v) is 5.19. The number of nitrogens with zero attached hydrogens (tertiary/aromatic N) is 1. The molecule has 7 aromatic rings. The molecule has 33 heavy (non-hydrogen) atoms. The summed E-state index contributed by atoms with van der Waals surface area (Å²) in [5.74, 6) is 0.292. The Morgan fingerprint density at radius 3 is 2.12 bits per heavy atom. The van der Waals surface area contributed by atoms with Crippen molar-refractivity contribution in [1.29, 1.82) is 0 Å². The predicted molar refractivity (Wildman–Crippen MR) is 137 cm³/mol. The average Bonchev–Trinajstić information content (AvgIpc) is 3.38. The molecule has 0 saturated carbocycles. The molecule has 156 valence electrons.